The van der Waals surface area contributed by atoms with Crippen LogP contribution in [-0.4, -0.2) is 24.7 Å². The number of halogens is 1. The highest BCUT2D eigenvalue weighted by molar-refractivity contribution is 7.98. The van der Waals surface area contributed by atoms with Gasteiger partial charge < -0.3 is 10.5 Å². The zero-order valence-corrected chi connectivity index (χ0v) is 12.0. The quantitative estimate of drug-likeness (QED) is 0.774. The minimum Gasteiger partial charge on any atom is -0.492 e. The fourth-order valence-corrected chi connectivity index (χ4v) is 2.21. The van der Waals surface area contributed by atoms with Gasteiger partial charge in [-0.2, -0.15) is 11.8 Å². The van der Waals surface area contributed by atoms with Crippen LogP contribution in [0.4, 0.5) is 0 Å². The number of benzene rings is 1. The summed E-state index contributed by atoms with van der Waals surface area (Å²) < 4.78 is 5.62. The SMILES string of the molecule is CSCCCOc1ccc(CC(C)N)cc1Cl. The molecule has 0 bridgehead atoms. The van der Waals surface area contributed by atoms with Crippen molar-refractivity contribution in [3.05, 3.63) is 28.8 Å². The van der Waals surface area contributed by atoms with Gasteiger partial charge in [-0.15, -0.1) is 0 Å². The topological polar surface area (TPSA) is 35.2 Å². The van der Waals surface area contributed by atoms with Gasteiger partial charge in [0.15, 0.2) is 0 Å². The summed E-state index contributed by atoms with van der Waals surface area (Å²) in [5, 5.41) is 0.673. The van der Waals surface area contributed by atoms with Gasteiger partial charge in [0.05, 0.1) is 11.6 Å². The lowest BCUT2D eigenvalue weighted by atomic mass is 10.1. The molecule has 0 saturated carbocycles. The van der Waals surface area contributed by atoms with Gasteiger partial charge in [-0.25, -0.2) is 0 Å². The smallest absolute Gasteiger partial charge is 0.137 e. The van der Waals surface area contributed by atoms with E-state index in [0.717, 1.165) is 29.9 Å². The van der Waals surface area contributed by atoms with E-state index in [0.29, 0.717) is 11.6 Å². The van der Waals surface area contributed by atoms with Crippen LogP contribution in [0.1, 0.15) is 18.9 Å². The molecule has 1 aromatic rings. The molecule has 0 aliphatic carbocycles. The Balaban J connectivity index is 2.51. The van der Waals surface area contributed by atoms with E-state index in [1.807, 2.05) is 36.9 Å². The van der Waals surface area contributed by atoms with Crippen LogP contribution in [0.5, 0.6) is 5.75 Å². The van der Waals surface area contributed by atoms with Crippen LogP contribution in [0.25, 0.3) is 0 Å². The Morgan fingerprint density at radius 3 is 2.82 bits per heavy atom. The summed E-state index contributed by atoms with van der Waals surface area (Å²) in [5.74, 6) is 1.88. The molecular weight excluding hydrogens is 254 g/mol. The zero-order chi connectivity index (χ0) is 12.7. The number of ether oxygens (including phenoxy) is 1. The van der Waals surface area contributed by atoms with E-state index in [-0.39, 0.29) is 6.04 Å². The predicted octanol–water partition coefficient (Wildman–Crippen LogP) is 3.36. The second kappa shape index (κ2) is 7.85. The molecule has 96 valence electrons. The van der Waals surface area contributed by atoms with Crippen molar-refractivity contribution in [1.29, 1.82) is 0 Å². The van der Waals surface area contributed by atoms with Crippen molar-refractivity contribution >= 4 is 23.4 Å². The third-order valence-electron chi connectivity index (χ3n) is 2.30. The minimum atomic E-state index is 0.152. The molecule has 4 heteroatoms. The van der Waals surface area contributed by atoms with Crippen molar-refractivity contribution in [3.63, 3.8) is 0 Å². The highest BCUT2D eigenvalue weighted by Gasteiger charge is 2.04. The van der Waals surface area contributed by atoms with Crippen molar-refractivity contribution < 1.29 is 4.74 Å². The summed E-state index contributed by atoms with van der Waals surface area (Å²) >= 11 is 7.98. The van der Waals surface area contributed by atoms with Crippen molar-refractivity contribution in [1.82, 2.24) is 0 Å². The van der Waals surface area contributed by atoms with Crippen molar-refractivity contribution in [2.24, 2.45) is 5.73 Å². The van der Waals surface area contributed by atoms with Crippen molar-refractivity contribution in [2.45, 2.75) is 25.8 Å². The molecule has 0 aliphatic heterocycles. The standard InChI is InChI=1S/C13H20ClNOS/c1-10(15)8-11-4-5-13(12(14)9-11)16-6-3-7-17-2/h4-5,9-10H,3,6-8,15H2,1-2H3. The Labute approximate surface area is 113 Å². The fraction of sp³-hybridized carbons (Fsp3) is 0.538. The van der Waals surface area contributed by atoms with Crippen LogP contribution in [0.15, 0.2) is 18.2 Å². The highest BCUT2D eigenvalue weighted by atomic mass is 35.5. The number of hydrogen-bond acceptors (Lipinski definition) is 3. The maximum Gasteiger partial charge on any atom is 0.137 e. The third kappa shape index (κ3) is 5.66. The van der Waals surface area contributed by atoms with E-state index < -0.39 is 0 Å². The van der Waals surface area contributed by atoms with Crippen LogP contribution in [0.3, 0.4) is 0 Å². The first-order valence-electron chi connectivity index (χ1n) is 5.79. The fourth-order valence-electron chi connectivity index (χ4n) is 1.55. The first-order valence-corrected chi connectivity index (χ1v) is 7.56. The summed E-state index contributed by atoms with van der Waals surface area (Å²) in [7, 11) is 0. The summed E-state index contributed by atoms with van der Waals surface area (Å²) in [6.45, 7) is 2.70. The summed E-state index contributed by atoms with van der Waals surface area (Å²) in [4.78, 5) is 0. The summed E-state index contributed by atoms with van der Waals surface area (Å²) in [6, 6.07) is 6.05. The number of rotatable bonds is 7. The Kier molecular flexibility index (Phi) is 6.78. The Hall–Kier alpha value is -0.380. The lowest BCUT2D eigenvalue weighted by molar-refractivity contribution is 0.319. The van der Waals surface area contributed by atoms with Gasteiger partial charge in [0, 0.05) is 6.04 Å². The van der Waals surface area contributed by atoms with E-state index in [9.17, 15) is 0 Å². The predicted molar refractivity (Wildman–Crippen MR) is 77.3 cm³/mol. The monoisotopic (exact) mass is 273 g/mol. The molecule has 0 radical (unpaired) electrons. The second-order valence-corrected chi connectivity index (χ2v) is 5.53. The number of thioether (sulfide) groups is 1. The van der Waals surface area contributed by atoms with E-state index in [1.165, 1.54) is 0 Å². The average molecular weight is 274 g/mol. The molecule has 0 spiro atoms. The Morgan fingerprint density at radius 1 is 1.47 bits per heavy atom. The van der Waals surface area contributed by atoms with Crippen LogP contribution in [-0.2, 0) is 6.42 Å². The summed E-state index contributed by atoms with van der Waals surface area (Å²) in [6.07, 6.45) is 3.97. The molecule has 0 saturated heterocycles. The van der Waals surface area contributed by atoms with Crippen LogP contribution in [0, 0.1) is 0 Å². The molecule has 1 atom stereocenters. The van der Waals surface area contributed by atoms with Gasteiger partial charge in [-0.1, -0.05) is 17.7 Å². The van der Waals surface area contributed by atoms with Crippen LogP contribution >= 0.6 is 23.4 Å². The van der Waals surface area contributed by atoms with Crippen LogP contribution < -0.4 is 10.5 Å². The minimum absolute atomic E-state index is 0.152. The first-order chi connectivity index (χ1) is 8.13. The maximum atomic E-state index is 6.15. The first kappa shape index (κ1) is 14.7. The third-order valence-corrected chi connectivity index (χ3v) is 3.30. The Bertz CT molecular complexity index is 344. The van der Waals surface area contributed by atoms with Gasteiger partial charge in [0.1, 0.15) is 5.75 Å². The van der Waals surface area contributed by atoms with E-state index in [2.05, 4.69) is 6.26 Å². The van der Waals surface area contributed by atoms with Crippen LogP contribution in [0.2, 0.25) is 5.02 Å². The second-order valence-electron chi connectivity index (χ2n) is 4.14. The van der Waals surface area contributed by atoms with E-state index >= 15 is 0 Å². The van der Waals surface area contributed by atoms with Crippen molar-refractivity contribution in [3.8, 4) is 5.75 Å². The molecule has 0 heterocycles. The average Bonchev–Trinajstić information content (AvgIpc) is 2.26. The van der Waals surface area contributed by atoms with Gasteiger partial charge >= 0.3 is 0 Å². The van der Waals surface area contributed by atoms with Gasteiger partial charge in [-0.3, -0.25) is 0 Å². The van der Waals surface area contributed by atoms with Gasteiger partial charge in [0.2, 0.25) is 0 Å². The molecule has 17 heavy (non-hydrogen) atoms. The molecular formula is C13H20ClNOS. The molecule has 0 aliphatic rings. The van der Waals surface area contributed by atoms with Gasteiger partial charge in [-0.05, 0) is 49.5 Å². The molecule has 1 rings (SSSR count). The van der Waals surface area contributed by atoms with Crippen molar-refractivity contribution in [2.75, 3.05) is 18.6 Å². The lowest BCUT2D eigenvalue weighted by Crippen LogP contribution is -2.17. The van der Waals surface area contributed by atoms with E-state index in [1.54, 1.807) is 0 Å². The molecule has 0 aromatic heterocycles. The lowest BCUT2D eigenvalue weighted by Gasteiger charge is -2.10. The number of nitrogens with two attached hydrogens (primary N) is 1. The molecule has 1 aromatic carbocycles. The summed E-state index contributed by atoms with van der Waals surface area (Å²) in [5.41, 5.74) is 6.90. The molecule has 0 fully saturated rings. The Morgan fingerprint density at radius 2 is 2.24 bits per heavy atom. The molecule has 2 N–H and O–H groups in total. The zero-order valence-electron chi connectivity index (χ0n) is 10.4. The highest BCUT2D eigenvalue weighted by Crippen LogP contribution is 2.26. The molecule has 2 nitrogen and oxygen atoms in total. The number of hydrogen-bond donors (Lipinski definition) is 1. The van der Waals surface area contributed by atoms with E-state index in [4.69, 9.17) is 22.1 Å². The van der Waals surface area contributed by atoms with Gasteiger partial charge in [0.25, 0.3) is 0 Å². The largest absolute Gasteiger partial charge is 0.492 e. The molecule has 0 amide bonds. The maximum absolute atomic E-state index is 6.15. The normalized spacial score (nSPS) is 12.5. The molecule has 1 unspecified atom stereocenters.